The number of halogens is 1. The van der Waals surface area contributed by atoms with Gasteiger partial charge in [0.25, 0.3) is 5.56 Å². The third kappa shape index (κ3) is 9.12. The first kappa shape index (κ1) is 24.0. The van der Waals surface area contributed by atoms with Gasteiger partial charge in [0.05, 0.1) is 0 Å². The van der Waals surface area contributed by atoms with Crippen molar-refractivity contribution in [2.75, 3.05) is 20.1 Å². The lowest BCUT2D eigenvalue weighted by molar-refractivity contribution is 0.332. The highest BCUT2D eigenvalue weighted by Gasteiger charge is 2.12. The number of rotatable bonds is 9. The number of hydrogen-bond donors (Lipinski definition) is 2. The molecule has 0 saturated heterocycles. The Morgan fingerprint density at radius 3 is 2.48 bits per heavy atom. The number of guanidine groups is 1. The minimum absolute atomic E-state index is 0. The molecule has 0 spiro atoms. The zero-order chi connectivity index (χ0) is 18.6. The summed E-state index contributed by atoms with van der Waals surface area (Å²) in [6.07, 6.45) is 11.7. The lowest BCUT2D eigenvalue weighted by Gasteiger charge is -2.21. The van der Waals surface area contributed by atoms with Crippen LogP contribution in [0.5, 0.6) is 0 Å². The third-order valence-electron chi connectivity index (χ3n) is 5.40. The van der Waals surface area contributed by atoms with Crippen molar-refractivity contribution in [1.82, 2.24) is 15.2 Å². The summed E-state index contributed by atoms with van der Waals surface area (Å²) in [6.45, 7) is 4.64. The van der Waals surface area contributed by atoms with Gasteiger partial charge in [0, 0.05) is 38.4 Å². The number of aryl methyl sites for hydroxylation is 1. The zero-order valence-electron chi connectivity index (χ0n) is 17.0. The maximum atomic E-state index is 11.8. The summed E-state index contributed by atoms with van der Waals surface area (Å²) >= 11 is 0. The molecule has 0 amide bonds. The van der Waals surface area contributed by atoms with Gasteiger partial charge in [0.15, 0.2) is 5.96 Å². The van der Waals surface area contributed by atoms with Crippen molar-refractivity contribution < 1.29 is 0 Å². The molecule has 1 aromatic heterocycles. The number of nitrogens with one attached hydrogen (secondary N) is 2. The molecule has 0 aliphatic heterocycles. The number of unbranched alkanes of at least 4 members (excludes halogenated alkanes) is 1. The molecule has 0 atom stereocenters. The first-order chi connectivity index (χ1) is 12.7. The van der Waals surface area contributed by atoms with Crippen LogP contribution in [0.2, 0.25) is 0 Å². The van der Waals surface area contributed by atoms with Crippen LogP contribution >= 0.6 is 24.0 Å². The molecular weight excluding hydrogens is 451 g/mol. The Hall–Kier alpha value is -1.05. The third-order valence-corrected chi connectivity index (χ3v) is 5.40. The summed E-state index contributed by atoms with van der Waals surface area (Å²) in [7, 11) is 1.82. The molecule has 2 rings (SSSR count). The first-order valence-corrected chi connectivity index (χ1v) is 10.3. The molecule has 0 aromatic carbocycles. The van der Waals surface area contributed by atoms with Crippen molar-refractivity contribution in [3.63, 3.8) is 0 Å². The lowest BCUT2D eigenvalue weighted by atomic mass is 9.86. The number of nitrogens with zero attached hydrogens (tertiary/aromatic N) is 2. The summed E-state index contributed by atoms with van der Waals surface area (Å²) in [6, 6.07) is 5.43. The van der Waals surface area contributed by atoms with Crippen molar-refractivity contribution in [1.29, 1.82) is 0 Å². The lowest BCUT2D eigenvalue weighted by Crippen LogP contribution is -2.38. The van der Waals surface area contributed by atoms with Gasteiger partial charge >= 0.3 is 0 Å². The van der Waals surface area contributed by atoms with Crippen LogP contribution in [-0.4, -0.2) is 30.7 Å². The summed E-state index contributed by atoms with van der Waals surface area (Å²) in [5.41, 5.74) is 1.12. The van der Waals surface area contributed by atoms with Gasteiger partial charge in [0.2, 0.25) is 0 Å². The van der Waals surface area contributed by atoms with Crippen LogP contribution in [0, 0.1) is 12.8 Å². The van der Waals surface area contributed by atoms with Crippen molar-refractivity contribution in [3.8, 4) is 0 Å². The molecule has 1 saturated carbocycles. The van der Waals surface area contributed by atoms with Crippen LogP contribution in [-0.2, 0) is 6.54 Å². The van der Waals surface area contributed by atoms with Crippen LogP contribution < -0.4 is 16.2 Å². The Kier molecular flexibility index (Phi) is 12.5. The second kappa shape index (κ2) is 14.0. The van der Waals surface area contributed by atoms with Crippen LogP contribution in [0.15, 0.2) is 28.0 Å². The minimum atomic E-state index is 0. The smallest absolute Gasteiger partial charge is 0.250 e. The van der Waals surface area contributed by atoms with E-state index in [1.54, 1.807) is 6.07 Å². The van der Waals surface area contributed by atoms with Crippen molar-refractivity contribution in [2.24, 2.45) is 10.9 Å². The number of hydrogen-bond acceptors (Lipinski definition) is 2. The molecule has 2 N–H and O–H groups in total. The maximum Gasteiger partial charge on any atom is 0.250 e. The van der Waals surface area contributed by atoms with E-state index in [0.717, 1.165) is 50.0 Å². The van der Waals surface area contributed by atoms with E-state index < -0.39 is 0 Å². The normalized spacial score (nSPS) is 15.3. The molecule has 1 aromatic rings. The second-order valence-electron chi connectivity index (χ2n) is 7.44. The molecule has 6 heteroatoms. The summed E-state index contributed by atoms with van der Waals surface area (Å²) in [4.78, 5) is 16.1. The van der Waals surface area contributed by atoms with Gasteiger partial charge in [-0.3, -0.25) is 9.79 Å². The summed E-state index contributed by atoms with van der Waals surface area (Å²) < 4.78 is 1.85. The monoisotopic (exact) mass is 488 g/mol. The van der Waals surface area contributed by atoms with E-state index in [-0.39, 0.29) is 29.5 Å². The molecule has 1 aliphatic carbocycles. The highest BCUT2D eigenvalue weighted by Crippen LogP contribution is 2.26. The highest BCUT2D eigenvalue weighted by molar-refractivity contribution is 14.0. The number of pyridine rings is 1. The van der Waals surface area contributed by atoms with Gasteiger partial charge in [0.1, 0.15) is 0 Å². The van der Waals surface area contributed by atoms with E-state index in [0.29, 0.717) is 0 Å². The van der Waals surface area contributed by atoms with Crippen LogP contribution in [0.4, 0.5) is 0 Å². The average molecular weight is 488 g/mol. The van der Waals surface area contributed by atoms with Gasteiger partial charge in [-0.1, -0.05) is 38.2 Å². The Bertz CT molecular complexity index is 608. The van der Waals surface area contributed by atoms with E-state index in [4.69, 9.17) is 0 Å². The predicted octanol–water partition coefficient (Wildman–Crippen LogP) is 4.08. The first-order valence-electron chi connectivity index (χ1n) is 10.3. The largest absolute Gasteiger partial charge is 0.356 e. The molecule has 0 radical (unpaired) electrons. The van der Waals surface area contributed by atoms with E-state index >= 15 is 0 Å². The van der Waals surface area contributed by atoms with E-state index in [1.807, 2.05) is 30.7 Å². The maximum absolute atomic E-state index is 11.8. The van der Waals surface area contributed by atoms with Gasteiger partial charge in [-0.05, 0) is 44.6 Å². The molecule has 154 valence electrons. The topological polar surface area (TPSA) is 58.4 Å². The van der Waals surface area contributed by atoms with Crippen LogP contribution in [0.3, 0.4) is 0 Å². The summed E-state index contributed by atoms with van der Waals surface area (Å²) in [5, 5.41) is 6.79. The van der Waals surface area contributed by atoms with Gasteiger partial charge in [-0.15, -0.1) is 24.0 Å². The van der Waals surface area contributed by atoms with Crippen LogP contribution in [0.25, 0.3) is 0 Å². The average Bonchev–Trinajstić information content (AvgIpc) is 2.66. The summed E-state index contributed by atoms with van der Waals surface area (Å²) in [5.74, 6) is 1.84. The van der Waals surface area contributed by atoms with Crippen molar-refractivity contribution in [3.05, 3.63) is 34.2 Å². The Morgan fingerprint density at radius 2 is 1.81 bits per heavy atom. The van der Waals surface area contributed by atoms with Crippen molar-refractivity contribution in [2.45, 2.75) is 71.3 Å². The molecule has 1 heterocycles. The second-order valence-corrected chi connectivity index (χ2v) is 7.44. The van der Waals surface area contributed by atoms with E-state index in [9.17, 15) is 4.79 Å². The molecule has 5 nitrogen and oxygen atoms in total. The zero-order valence-corrected chi connectivity index (χ0v) is 19.3. The van der Waals surface area contributed by atoms with Gasteiger partial charge < -0.3 is 15.2 Å². The quantitative estimate of drug-likeness (QED) is 0.238. The van der Waals surface area contributed by atoms with Crippen molar-refractivity contribution >= 4 is 29.9 Å². The van der Waals surface area contributed by atoms with E-state index in [1.165, 1.54) is 44.9 Å². The standard InChI is InChI=1S/C21H36N4O.HI/c1-18-10-8-14-20(26)25(18)17-7-6-15-23-21(22-2)24-16-9-13-19-11-4-3-5-12-19;/h8,10,14,19H,3-7,9,11-13,15-17H2,1-2H3,(H2,22,23,24);1H. The number of aromatic nitrogens is 1. The fourth-order valence-corrected chi connectivity index (χ4v) is 3.81. The molecule has 1 fully saturated rings. The molecule has 0 unspecified atom stereocenters. The molecule has 0 bridgehead atoms. The number of aliphatic imine (C=N–C) groups is 1. The SMILES string of the molecule is CN=C(NCCCCn1c(C)cccc1=O)NCCCC1CCCCC1.I. The Morgan fingerprint density at radius 1 is 1.11 bits per heavy atom. The van der Waals surface area contributed by atoms with Gasteiger partial charge in [-0.25, -0.2) is 0 Å². The Labute approximate surface area is 181 Å². The van der Waals surface area contributed by atoms with Gasteiger partial charge in [-0.2, -0.15) is 0 Å². The fourth-order valence-electron chi connectivity index (χ4n) is 3.81. The molecular formula is C21H37IN4O. The van der Waals surface area contributed by atoms with E-state index in [2.05, 4.69) is 15.6 Å². The molecule has 1 aliphatic rings. The predicted molar refractivity (Wildman–Crippen MR) is 125 cm³/mol. The highest BCUT2D eigenvalue weighted by atomic mass is 127. The Balaban J connectivity index is 0.00000364. The minimum Gasteiger partial charge on any atom is -0.356 e. The fraction of sp³-hybridized carbons (Fsp3) is 0.714. The van der Waals surface area contributed by atoms with Crippen LogP contribution in [0.1, 0.15) is 63.5 Å². The molecule has 27 heavy (non-hydrogen) atoms.